The van der Waals surface area contributed by atoms with Gasteiger partial charge in [-0.15, -0.1) is 0 Å². The van der Waals surface area contributed by atoms with Gasteiger partial charge in [0.25, 0.3) is 0 Å². The summed E-state index contributed by atoms with van der Waals surface area (Å²) in [6, 6.07) is 0. The van der Waals surface area contributed by atoms with E-state index in [4.69, 9.17) is 5.73 Å². The van der Waals surface area contributed by atoms with E-state index in [0.717, 1.165) is 6.42 Å². The second-order valence-electron chi connectivity index (χ2n) is 3.53. The van der Waals surface area contributed by atoms with Crippen LogP contribution in [0, 0.1) is 5.41 Å². The van der Waals surface area contributed by atoms with Crippen LogP contribution in [0.25, 0.3) is 0 Å². The summed E-state index contributed by atoms with van der Waals surface area (Å²) in [6.07, 6.45) is 2.94. The molecule has 0 aliphatic carbocycles. The van der Waals surface area contributed by atoms with E-state index in [1.807, 2.05) is 6.08 Å². The first-order valence-electron chi connectivity index (χ1n) is 3.88. The molecule has 0 aliphatic heterocycles. The lowest BCUT2D eigenvalue weighted by Crippen LogP contribution is -2.15. The van der Waals surface area contributed by atoms with Gasteiger partial charge in [0, 0.05) is 5.57 Å². The highest BCUT2D eigenvalue weighted by atomic mass is 16.1. The molecule has 0 saturated heterocycles. The average molecular weight is 155 g/mol. The van der Waals surface area contributed by atoms with Crippen LogP contribution in [-0.2, 0) is 4.79 Å². The number of nitrogens with two attached hydrogens (primary N) is 1. The van der Waals surface area contributed by atoms with Crippen LogP contribution in [0.5, 0.6) is 0 Å². The van der Waals surface area contributed by atoms with Crippen molar-refractivity contribution < 1.29 is 4.79 Å². The van der Waals surface area contributed by atoms with Crippen molar-refractivity contribution in [1.82, 2.24) is 0 Å². The monoisotopic (exact) mass is 155 g/mol. The lowest BCUT2D eigenvalue weighted by atomic mass is 9.88. The van der Waals surface area contributed by atoms with Crippen LogP contribution in [0.2, 0.25) is 0 Å². The Kier molecular flexibility index (Phi) is 3.30. The van der Waals surface area contributed by atoms with E-state index >= 15 is 0 Å². The number of amides is 1. The molecular formula is C9H17NO. The van der Waals surface area contributed by atoms with E-state index in [1.54, 1.807) is 6.92 Å². The third-order valence-corrected chi connectivity index (χ3v) is 1.91. The number of hydrogen-bond acceptors (Lipinski definition) is 1. The van der Waals surface area contributed by atoms with Gasteiger partial charge in [-0.2, -0.15) is 0 Å². The summed E-state index contributed by atoms with van der Waals surface area (Å²) in [5, 5.41) is 0. The third-order valence-electron chi connectivity index (χ3n) is 1.91. The molecule has 2 nitrogen and oxygen atoms in total. The first-order valence-corrected chi connectivity index (χ1v) is 3.88. The van der Waals surface area contributed by atoms with Crippen molar-refractivity contribution >= 4 is 5.91 Å². The Morgan fingerprint density at radius 1 is 1.55 bits per heavy atom. The van der Waals surface area contributed by atoms with Crippen molar-refractivity contribution in [3.63, 3.8) is 0 Å². The average Bonchev–Trinajstić information content (AvgIpc) is 1.87. The molecule has 0 spiro atoms. The molecular weight excluding hydrogens is 138 g/mol. The number of hydrogen-bond donors (Lipinski definition) is 1. The van der Waals surface area contributed by atoms with E-state index in [1.165, 1.54) is 0 Å². The maximum absolute atomic E-state index is 10.6. The fourth-order valence-electron chi connectivity index (χ4n) is 0.759. The molecule has 2 heteroatoms. The Morgan fingerprint density at radius 2 is 2.00 bits per heavy atom. The molecule has 11 heavy (non-hydrogen) atoms. The van der Waals surface area contributed by atoms with Crippen molar-refractivity contribution in [3.8, 4) is 0 Å². The Morgan fingerprint density at radius 3 is 2.27 bits per heavy atom. The molecule has 0 unspecified atom stereocenters. The highest BCUT2D eigenvalue weighted by Gasteiger charge is 2.12. The molecule has 0 radical (unpaired) electrons. The van der Waals surface area contributed by atoms with Gasteiger partial charge in [-0.25, -0.2) is 0 Å². The van der Waals surface area contributed by atoms with Gasteiger partial charge < -0.3 is 5.73 Å². The summed E-state index contributed by atoms with van der Waals surface area (Å²) in [5.41, 5.74) is 5.82. The molecule has 2 N–H and O–H groups in total. The minimum Gasteiger partial charge on any atom is -0.366 e. The topological polar surface area (TPSA) is 43.1 Å². The van der Waals surface area contributed by atoms with Gasteiger partial charge >= 0.3 is 0 Å². The summed E-state index contributed by atoms with van der Waals surface area (Å²) < 4.78 is 0. The highest BCUT2D eigenvalue weighted by molar-refractivity contribution is 5.91. The highest BCUT2D eigenvalue weighted by Crippen LogP contribution is 2.22. The Hall–Kier alpha value is -0.790. The van der Waals surface area contributed by atoms with E-state index < -0.39 is 0 Å². The Labute approximate surface area is 68.5 Å². The molecule has 0 saturated carbocycles. The van der Waals surface area contributed by atoms with Crippen molar-refractivity contribution in [2.24, 2.45) is 11.1 Å². The van der Waals surface area contributed by atoms with E-state index in [9.17, 15) is 4.79 Å². The molecule has 0 atom stereocenters. The van der Waals surface area contributed by atoms with Crippen molar-refractivity contribution in [2.75, 3.05) is 0 Å². The quantitative estimate of drug-likeness (QED) is 0.621. The number of primary amides is 1. The zero-order valence-corrected chi connectivity index (χ0v) is 7.77. The summed E-state index contributed by atoms with van der Waals surface area (Å²) in [5.74, 6) is -0.327. The molecule has 0 aromatic rings. The second-order valence-corrected chi connectivity index (χ2v) is 3.53. The van der Waals surface area contributed by atoms with Crippen LogP contribution in [-0.4, -0.2) is 5.91 Å². The van der Waals surface area contributed by atoms with Crippen molar-refractivity contribution in [2.45, 2.75) is 34.1 Å². The SMILES string of the molecule is CCC(C)(C)/C=C(\C)C(N)=O. The predicted octanol–water partition coefficient (Wildman–Crippen LogP) is 1.85. The van der Waals surface area contributed by atoms with Gasteiger partial charge in [-0.1, -0.05) is 26.8 Å². The van der Waals surface area contributed by atoms with Crippen LogP contribution in [0.1, 0.15) is 34.1 Å². The summed E-state index contributed by atoms with van der Waals surface area (Å²) >= 11 is 0. The number of rotatable bonds is 3. The van der Waals surface area contributed by atoms with Crippen LogP contribution >= 0.6 is 0 Å². The van der Waals surface area contributed by atoms with Gasteiger partial charge in [0.2, 0.25) is 5.91 Å². The van der Waals surface area contributed by atoms with Gasteiger partial charge in [0.15, 0.2) is 0 Å². The van der Waals surface area contributed by atoms with Crippen molar-refractivity contribution in [3.05, 3.63) is 11.6 Å². The fraction of sp³-hybridized carbons (Fsp3) is 0.667. The zero-order chi connectivity index (χ0) is 9.07. The standard InChI is InChI=1S/C9H17NO/c1-5-9(3,4)6-7(2)8(10)11/h6H,5H2,1-4H3,(H2,10,11)/b7-6+. The summed E-state index contributed by atoms with van der Waals surface area (Å²) in [7, 11) is 0. The first-order chi connectivity index (χ1) is 4.89. The fourth-order valence-corrected chi connectivity index (χ4v) is 0.759. The van der Waals surface area contributed by atoms with Gasteiger partial charge in [-0.3, -0.25) is 4.79 Å². The molecule has 0 bridgehead atoms. The first kappa shape index (κ1) is 10.2. The molecule has 0 aromatic heterocycles. The largest absolute Gasteiger partial charge is 0.366 e. The third kappa shape index (κ3) is 3.81. The lowest BCUT2D eigenvalue weighted by molar-refractivity contribution is -0.114. The molecule has 0 heterocycles. The van der Waals surface area contributed by atoms with Gasteiger partial charge in [-0.05, 0) is 18.8 Å². The maximum Gasteiger partial charge on any atom is 0.244 e. The number of carbonyl (C=O) groups excluding carboxylic acids is 1. The lowest BCUT2D eigenvalue weighted by Gasteiger charge is -2.17. The predicted molar refractivity (Wildman–Crippen MR) is 47.0 cm³/mol. The van der Waals surface area contributed by atoms with Crippen LogP contribution in [0.4, 0.5) is 0 Å². The molecule has 0 aromatic carbocycles. The Bertz CT molecular complexity index is 180. The zero-order valence-electron chi connectivity index (χ0n) is 7.77. The minimum absolute atomic E-state index is 0.0825. The van der Waals surface area contributed by atoms with Gasteiger partial charge in [0.05, 0.1) is 0 Å². The number of carbonyl (C=O) groups is 1. The normalized spacial score (nSPS) is 13.3. The molecule has 0 rings (SSSR count). The van der Waals surface area contributed by atoms with Crippen LogP contribution in [0.3, 0.4) is 0 Å². The molecule has 0 aliphatic rings. The van der Waals surface area contributed by atoms with E-state index in [0.29, 0.717) is 5.57 Å². The molecule has 0 fully saturated rings. The minimum atomic E-state index is -0.327. The summed E-state index contributed by atoms with van der Waals surface area (Å²) in [6.45, 7) is 8.00. The van der Waals surface area contributed by atoms with Crippen molar-refractivity contribution in [1.29, 1.82) is 0 Å². The van der Waals surface area contributed by atoms with Gasteiger partial charge in [0.1, 0.15) is 0 Å². The summed E-state index contributed by atoms with van der Waals surface area (Å²) in [4.78, 5) is 10.6. The Balaban J connectivity index is 4.41. The van der Waals surface area contributed by atoms with E-state index in [-0.39, 0.29) is 11.3 Å². The van der Waals surface area contributed by atoms with E-state index in [2.05, 4.69) is 20.8 Å². The second kappa shape index (κ2) is 3.56. The number of allylic oxidation sites excluding steroid dienone is 1. The van der Waals surface area contributed by atoms with Crippen LogP contribution in [0.15, 0.2) is 11.6 Å². The smallest absolute Gasteiger partial charge is 0.244 e. The van der Waals surface area contributed by atoms with Crippen LogP contribution < -0.4 is 5.73 Å². The molecule has 1 amide bonds. The maximum atomic E-state index is 10.6. The molecule has 64 valence electrons.